The number of ether oxygens (including phenoxy) is 9. The van der Waals surface area contributed by atoms with Crippen LogP contribution in [0.1, 0.15) is 29.7 Å². The van der Waals surface area contributed by atoms with Crippen molar-refractivity contribution < 1.29 is 52.8 Å². The maximum atomic E-state index is 13.1. The summed E-state index contributed by atoms with van der Waals surface area (Å²) >= 11 is 0. The molecule has 1 fully saturated rings. The molecule has 61 heavy (non-hydrogen) atoms. The predicted molar refractivity (Wildman–Crippen MR) is 214 cm³/mol. The van der Waals surface area contributed by atoms with E-state index in [4.69, 9.17) is 48.4 Å². The van der Waals surface area contributed by atoms with E-state index in [1.807, 2.05) is 17.3 Å². The van der Waals surface area contributed by atoms with E-state index in [0.29, 0.717) is 130 Å². The fourth-order valence-corrected chi connectivity index (χ4v) is 5.97. The van der Waals surface area contributed by atoms with Gasteiger partial charge in [-0.25, -0.2) is 14.0 Å². The van der Waals surface area contributed by atoms with Gasteiger partial charge in [-0.15, -0.1) is 10.2 Å². The first-order chi connectivity index (χ1) is 29.9. The van der Waals surface area contributed by atoms with Crippen LogP contribution in [0.15, 0.2) is 17.2 Å². The number of hydrogen-bond donors (Lipinski definition) is 4. The lowest BCUT2D eigenvalue weighted by atomic mass is 10.2. The van der Waals surface area contributed by atoms with E-state index in [1.54, 1.807) is 23.6 Å². The molecule has 4 aromatic heterocycles. The Bertz CT molecular complexity index is 1900. The van der Waals surface area contributed by atoms with Crippen LogP contribution < -0.4 is 11.3 Å². The van der Waals surface area contributed by atoms with Crippen molar-refractivity contribution in [2.45, 2.75) is 51.0 Å². The van der Waals surface area contributed by atoms with Crippen molar-refractivity contribution in [3.05, 3.63) is 39.8 Å². The lowest BCUT2D eigenvalue weighted by Gasteiger charge is -2.16. The number of aromatic amines is 1. The molecule has 0 aromatic carbocycles. The molecule has 3 atom stereocenters. The third-order valence-corrected chi connectivity index (χ3v) is 8.97. The van der Waals surface area contributed by atoms with Gasteiger partial charge in [-0.1, -0.05) is 16.3 Å². The number of aliphatic hydroxyl groups is 2. The summed E-state index contributed by atoms with van der Waals surface area (Å²) in [5.74, 6) is 6.03. The molecule has 338 valence electrons. The molecule has 0 unspecified atom stereocenters. The summed E-state index contributed by atoms with van der Waals surface area (Å²) in [6, 6.07) is 0. The second-order valence-electron chi connectivity index (χ2n) is 13.6. The van der Waals surface area contributed by atoms with Crippen molar-refractivity contribution in [3.63, 3.8) is 0 Å². The van der Waals surface area contributed by atoms with E-state index in [-0.39, 0.29) is 42.2 Å². The molecular formula is C37H58N12O12. The molecule has 5 heterocycles. The van der Waals surface area contributed by atoms with Crippen LogP contribution in [-0.4, -0.2) is 197 Å². The fraction of sp³-hybridized carbons (Fsp3) is 0.703. The maximum Gasteiger partial charge on any atom is 0.264 e. The summed E-state index contributed by atoms with van der Waals surface area (Å²) in [7, 11) is 3.26. The molecule has 0 radical (unpaired) electrons. The monoisotopic (exact) mass is 862 g/mol. The SMILES string of the molecule is COCCOCCOCCOCCn1cc(CN(CC#Cc2nn([C@H]3C[C@H](O)[C@@H](CO)O3)c3nc(N)[nH]c(=O)c23)Cc2cn(CCOCCOCCOCCOC)nn2)nn1. The van der Waals surface area contributed by atoms with Gasteiger partial charge in [-0.2, -0.15) is 10.1 Å². The number of aromatic nitrogens is 10. The Morgan fingerprint density at radius 2 is 1.33 bits per heavy atom. The van der Waals surface area contributed by atoms with Crippen molar-refractivity contribution in [1.82, 2.24) is 54.6 Å². The Labute approximate surface area is 352 Å². The number of fused-ring (bicyclic) bond motifs is 1. The summed E-state index contributed by atoms with van der Waals surface area (Å²) in [6.07, 6.45) is 1.25. The van der Waals surface area contributed by atoms with Gasteiger partial charge in [-0.05, 0) is 5.92 Å². The van der Waals surface area contributed by atoms with Crippen molar-refractivity contribution in [1.29, 1.82) is 0 Å². The zero-order chi connectivity index (χ0) is 43.1. The molecule has 24 nitrogen and oxygen atoms in total. The third-order valence-electron chi connectivity index (χ3n) is 8.97. The standard InChI is InChI=1S/C37H58N12O12/c1-53-10-12-57-18-20-59-16-14-55-8-6-47-25-28(41-44-47)23-46(24-29-26-48(45-42-29)7-9-56-15-17-60-21-19-58-13-11-54-2)5-3-4-30-34-35(39-37(38)40-36(34)52)49(43-30)33-22-31(51)32(27-50)61-33/h25-26,31-33,50-51H,5-24,27H2,1-2H3,(H3,38,39,40,52)/t31-,32+,33+/m0/s1. The zero-order valence-electron chi connectivity index (χ0n) is 34.8. The summed E-state index contributed by atoms with van der Waals surface area (Å²) < 4.78 is 53.7. The Hall–Kier alpha value is -4.49. The molecule has 5 rings (SSSR count). The highest BCUT2D eigenvalue weighted by molar-refractivity contribution is 5.81. The smallest absolute Gasteiger partial charge is 0.264 e. The highest BCUT2D eigenvalue weighted by Gasteiger charge is 2.36. The van der Waals surface area contributed by atoms with Crippen LogP contribution in [0.5, 0.6) is 0 Å². The molecule has 1 aliphatic rings. The van der Waals surface area contributed by atoms with Crippen LogP contribution in [0.25, 0.3) is 11.0 Å². The molecule has 5 N–H and O–H groups in total. The third kappa shape index (κ3) is 16.1. The first-order valence-electron chi connectivity index (χ1n) is 20.0. The average Bonchev–Trinajstić information content (AvgIpc) is 4.05. The maximum absolute atomic E-state index is 13.1. The second-order valence-corrected chi connectivity index (χ2v) is 13.6. The minimum absolute atomic E-state index is 0.116. The summed E-state index contributed by atoms with van der Waals surface area (Å²) in [5.41, 5.74) is 7.00. The number of anilines is 1. The van der Waals surface area contributed by atoms with Crippen LogP contribution in [0.2, 0.25) is 0 Å². The van der Waals surface area contributed by atoms with E-state index in [9.17, 15) is 15.0 Å². The Morgan fingerprint density at radius 1 is 0.820 bits per heavy atom. The van der Waals surface area contributed by atoms with E-state index in [1.165, 1.54) is 4.68 Å². The van der Waals surface area contributed by atoms with Gasteiger partial charge in [0, 0.05) is 46.1 Å². The van der Waals surface area contributed by atoms with E-state index in [0.717, 1.165) is 0 Å². The zero-order valence-corrected chi connectivity index (χ0v) is 34.8. The molecule has 0 aliphatic carbocycles. The van der Waals surface area contributed by atoms with Crippen LogP contribution in [0, 0.1) is 11.8 Å². The highest BCUT2D eigenvalue weighted by Crippen LogP contribution is 2.30. The second kappa shape index (κ2) is 26.8. The van der Waals surface area contributed by atoms with Gasteiger partial charge >= 0.3 is 0 Å². The molecule has 0 bridgehead atoms. The van der Waals surface area contributed by atoms with E-state index < -0.39 is 24.0 Å². The lowest BCUT2D eigenvalue weighted by Crippen LogP contribution is -2.24. The number of H-pyrrole nitrogens is 1. The van der Waals surface area contributed by atoms with E-state index >= 15 is 0 Å². The van der Waals surface area contributed by atoms with Crippen molar-refractivity contribution in [3.8, 4) is 11.8 Å². The number of aliphatic hydroxyl groups excluding tert-OH is 2. The number of nitrogens with zero attached hydrogens (tertiary/aromatic N) is 10. The number of nitrogens with one attached hydrogen (secondary N) is 1. The molecule has 0 saturated carbocycles. The lowest BCUT2D eigenvalue weighted by molar-refractivity contribution is -0.0470. The summed E-state index contributed by atoms with van der Waals surface area (Å²) in [6.45, 7) is 8.20. The average molecular weight is 863 g/mol. The van der Waals surface area contributed by atoms with Crippen LogP contribution in [0.4, 0.5) is 5.95 Å². The molecule has 0 amide bonds. The largest absolute Gasteiger partial charge is 0.394 e. The van der Waals surface area contributed by atoms with Gasteiger partial charge in [0.2, 0.25) is 5.95 Å². The van der Waals surface area contributed by atoms with Gasteiger partial charge in [0.1, 0.15) is 11.5 Å². The molecule has 4 aromatic rings. The van der Waals surface area contributed by atoms with Gasteiger partial charge < -0.3 is 58.6 Å². The van der Waals surface area contributed by atoms with Gasteiger partial charge in [-0.3, -0.25) is 14.7 Å². The van der Waals surface area contributed by atoms with E-state index in [2.05, 4.69) is 47.5 Å². The van der Waals surface area contributed by atoms with Crippen molar-refractivity contribution in [2.75, 3.05) is 126 Å². The number of rotatable bonds is 31. The normalized spacial score (nSPS) is 16.6. The van der Waals surface area contributed by atoms with Crippen LogP contribution in [-0.2, 0) is 68.8 Å². The van der Waals surface area contributed by atoms with Crippen LogP contribution >= 0.6 is 0 Å². The first-order valence-corrected chi connectivity index (χ1v) is 20.0. The fourth-order valence-electron chi connectivity index (χ4n) is 5.97. The molecule has 1 aliphatic heterocycles. The Balaban J connectivity index is 1.18. The minimum atomic E-state index is -0.934. The topological polar surface area (TPSA) is 278 Å². The number of hydrogen-bond acceptors (Lipinski definition) is 20. The van der Waals surface area contributed by atoms with Gasteiger partial charge in [0.05, 0.1) is 136 Å². The van der Waals surface area contributed by atoms with Gasteiger partial charge in [0.15, 0.2) is 17.6 Å². The van der Waals surface area contributed by atoms with Crippen molar-refractivity contribution in [2.24, 2.45) is 0 Å². The number of methoxy groups -OCH3 is 2. The first kappa shape index (κ1) is 47.6. The van der Waals surface area contributed by atoms with Crippen molar-refractivity contribution >= 4 is 17.0 Å². The predicted octanol–water partition coefficient (Wildman–Crippen LogP) is -2.03. The molecular weight excluding hydrogens is 804 g/mol. The minimum Gasteiger partial charge on any atom is -0.394 e. The number of nitrogen functional groups attached to an aromatic ring is 1. The summed E-state index contributed by atoms with van der Waals surface area (Å²) in [4.78, 5) is 21.9. The Kier molecular flexibility index (Phi) is 20.9. The molecule has 0 spiro atoms. The quantitative estimate of drug-likeness (QED) is 0.0314. The van der Waals surface area contributed by atoms with Gasteiger partial charge in [0.25, 0.3) is 5.56 Å². The van der Waals surface area contributed by atoms with Crippen LogP contribution in [0.3, 0.4) is 0 Å². The number of nitrogens with two attached hydrogens (primary N) is 1. The Morgan fingerprint density at radius 3 is 1.82 bits per heavy atom. The molecule has 24 heteroatoms. The molecule has 1 saturated heterocycles. The highest BCUT2D eigenvalue weighted by atomic mass is 16.6. The summed E-state index contributed by atoms with van der Waals surface area (Å²) in [5, 5.41) is 41.9.